The fourth-order valence-electron chi connectivity index (χ4n) is 3.75. The Labute approximate surface area is 167 Å². The van der Waals surface area contributed by atoms with Crippen molar-refractivity contribution in [3.8, 4) is 0 Å². The van der Waals surface area contributed by atoms with Crippen molar-refractivity contribution in [1.29, 1.82) is 0 Å². The molecule has 0 radical (unpaired) electrons. The predicted molar refractivity (Wildman–Crippen MR) is 108 cm³/mol. The molecule has 2 aromatic carbocycles. The van der Waals surface area contributed by atoms with Crippen LogP contribution in [0, 0.1) is 0 Å². The van der Waals surface area contributed by atoms with Gasteiger partial charge in [-0.15, -0.1) is 0 Å². The summed E-state index contributed by atoms with van der Waals surface area (Å²) in [6.45, 7) is 0.686. The van der Waals surface area contributed by atoms with Crippen LogP contribution in [-0.2, 0) is 17.9 Å². The fraction of sp³-hybridized carbons (Fsp3) is 0.174. The average molecular weight is 388 g/mol. The van der Waals surface area contributed by atoms with E-state index in [1.165, 1.54) is 15.5 Å². The molecule has 0 fully saturated rings. The van der Waals surface area contributed by atoms with Crippen LogP contribution in [0.5, 0.6) is 0 Å². The number of aromatic nitrogens is 1. The Morgan fingerprint density at radius 2 is 1.69 bits per heavy atom. The molecule has 2 heterocycles. The molecule has 6 nitrogen and oxygen atoms in total. The van der Waals surface area contributed by atoms with Gasteiger partial charge < -0.3 is 14.6 Å². The van der Waals surface area contributed by atoms with Crippen LogP contribution in [0.25, 0.3) is 0 Å². The van der Waals surface area contributed by atoms with Crippen LogP contribution in [-0.4, -0.2) is 33.0 Å². The molecule has 4 rings (SSSR count). The zero-order valence-corrected chi connectivity index (χ0v) is 15.7. The van der Waals surface area contributed by atoms with Crippen molar-refractivity contribution in [3.63, 3.8) is 0 Å². The lowest BCUT2D eigenvalue weighted by Crippen LogP contribution is -2.43. The third kappa shape index (κ3) is 3.69. The van der Waals surface area contributed by atoms with Crippen molar-refractivity contribution in [2.75, 3.05) is 6.54 Å². The topological polar surface area (TPSA) is 79.6 Å². The molecule has 1 aromatic heterocycles. The van der Waals surface area contributed by atoms with Gasteiger partial charge >= 0.3 is 5.97 Å². The molecule has 0 spiro atoms. The molecule has 1 atom stereocenters. The van der Waals surface area contributed by atoms with Gasteiger partial charge in [-0.25, -0.2) is 0 Å². The predicted octanol–water partition coefficient (Wildman–Crippen LogP) is 2.72. The van der Waals surface area contributed by atoms with Gasteiger partial charge in [0.05, 0.1) is 12.5 Å². The van der Waals surface area contributed by atoms with Gasteiger partial charge in [-0.3, -0.25) is 14.4 Å². The highest BCUT2D eigenvalue weighted by Crippen LogP contribution is 2.29. The Balaban J connectivity index is 1.64. The standard InChI is InChI=1S/C23H20N2O4/c26-21-19(11-6-12-24(21)13-16-7-2-1-3-8-16)22(27)25-14-17-9-4-5-10-18(17)20(15-25)23(28)29/h1-12,20H,13-15H2,(H,28,29). The highest BCUT2D eigenvalue weighted by Gasteiger charge is 2.33. The monoisotopic (exact) mass is 388 g/mol. The molecule has 6 heteroatoms. The molecule has 0 saturated heterocycles. The maximum absolute atomic E-state index is 13.1. The molecule has 29 heavy (non-hydrogen) atoms. The van der Waals surface area contributed by atoms with Crippen LogP contribution in [0.4, 0.5) is 0 Å². The number of carbonyl (C=O) groups is 2. The quantitative estimate of drug-likeness (QED) is 0.745. The molecule has 3 aromatic rings. The number of rotatable bonds is 4. The summed E-state index contributed by atoms with van der Waals surface area (Å²) in [5.41, 5.74) is 2.13. The summed E-state index contributed by atoms with van der Waals surface area (Å²) in [5.74, 6) is -2.23. The lowest BCUT2D eigenvalue weighted by Gasteiger charge is -2.32. The van der Waals surface area contributed by atoms with Gasteiger partial charge in [0.15, 0.2) is 0 Å². The lowest BCUT2D eigenvalue weighted by molar-refractivity contribution is -0.139. The smallest absolute Gasteiger partial charge is 0.312 e. The summed E-state index contributed by atoms with van der Waals surface area (Å²) in [5, 5.41) is 9.61. The largest absolute Gasteiger partial charge is 0.481 e. The Morgan fingerprint density at radius 1 is 0.966 bits per heavy atom. The summed E-state index contributed by atoms with van der Waals surface area (Å²) in [6, 6.07) is 19.9. The van der Waals surface area contributed by atoms with Gasteiger partial charge in [0.2, 0.25) is 0 Å². The van der Waals surface area contributed by atoms with Crippen LogP contribution in [0.15, 0.2) is 77.7 Å². The molecule has 1 amide bonds. The van der Waals surface area contributed by atoms with E-state index in [0.717, 1.165) is 16.7 Å². The minimum atomic E-state index is -0.982. The molecule has 146 valence electrons. The maximum Gasteiger partial charge on any atom is 0.312 e. The van der Waals surface area contributed by atoms with E-state index in [4.69, 9.17) is 0 Å². The van der Waals surface area contributed by atoms with Crippen molar-refractivity contribution >= 4 is 11.9 Å². The van der Waals surface area contributed by atoms with Crippen molar-refractivity contribution in [3.05, 3.63) is 106 Å². The number of carboxylic acid groups (broad SMARTS) is 1. The van der Waals surface area contributed by atoms with E-state index in [1.807, 2.05) is 42.5 Å². The number of carbonyl (C=O) groups excluding carboxylic acids is 1. The van der Waals surface area contributed by atoms with Crippen LogP contribution in [0.2, 0.25) is 0 Å². The Bertz CT molecular complexity index is 1120. The first-order valence-corrected chi connectivity index (χ1v) is 9.38. The molecule has 0 aliphatic carbocycles. The number of hydrogen-bond donors (Lipinski definition) is 1. The zero-order valence-electron chi connectivity index (χ0n) is 15.7. The van der Waals surface area contributed by atoms with Crippen LogP contribution in [0.3, 0.4) is 0 Å². The number of aliphatic carboxylic acids is 1. The van der Waals surface area contributed by atoms with Gasteiger partial charge in [0.25, 0.3) is 11.5 Å². The number of carboxylic acids is 1. The van der Waals surface area contributed by atoms with Gasteiger partial charge in [0.1, 0.15) is 5.56 Å². The number of hydrogen-bond acceptors (Lipinski definition) is 3. The highest BCUT2D eigenvalue weighted by atomic mass is 16.4. The van der Waals surface area contributed by atoms with Crippen molar-refractivity contribution in [1.82, 2.24) is 9.47 Å². The van der Waals surface area contributed by atoms with E-state index in [2.05, 4.69) is 0 Å². The third-order valence-electron chi connectivity index (χ3n) is 5.23. The van der Waals surface area contributed by atoms with E-state index in [0.29, 0.717) is 6.54 Å². The van der Waals surface area contributed by atoms with Crippen molar-refractivity contribution in [2.45, 2.75) is 19.0 Å². The molecule has 1 unspecified atom stereocenters. The first-order valence-electron chi connectivity index (χ1n) is 9.38. The van der Waals surface area contributed by atoms with Crippen LogP contribution in [0.1, 0.15) is 33.0 Å². The van der Waals surface area contributed by atoms with Crippen LogP contribution < -0.4 is 5.56 Å². The Kier molecular flexibility index (Phi) is 4.99. The van der Waals surface area contributed by atoms with E-state index in [1.54, 1.807) is 24.4 Å². The van der Waals surface area contributed by atoms with Gasteiger partial charge in [0, 0.05) is 19.3 Å². The Morgan fingerprint density at radius 3 is 2.45 bits per heavy atom. The molecule has 1 aliphatic rings. The number of pyridine rings is 1. The Hall–Kier alpha value is -3.67. The molecule has 0 saturated carbocycles. The minimum absolute atomic E-state index is 0.0399. The number of nitrogens with zero attached hydrogens (tertiary/aromatic N) is 2. The molecule has 1 aliphatic heterocycles. The normalized spacial score (nSPS) is 15.6. The van der Waals surface area contributed by atoms with Crippen molar-refractivity contribution in [2.24, 2.45) is 0 Å². The van der Waals surface area contributed by atoms with Crippen LogP contribution >= 0.6 is 0 Å². The zero-order chi connectivity index (χ0) is 20.4. The second kappa shape index (κ2) is 7.75. The second-order valence-corrected chi connectivity index (χ2v) is 7.12. The molecule has 1 N–H and O–H groups in total. The SMILES string of the molecule is O=C(O)C1CN(C(=O)c2cccn(Cc3ccccc3)c2=O)Cc2ccccc21. The van der Waals surface area contributed by atoms with Gasteiger partial charge in [-0.1, -0.05) is 54.6 Å². The van der Waals surface area contributed by atoms with E-state index < -0.39 is 17.8 Å². The summed E-state index contributed by atoms with van der Waals surface area (Å²) < 4.78 is 1.50. The van der Waals surface area contributed by atoms with Gasteiger partial charge in [-0.2, -0.15) is 0 Å². The van der Waals surface area contributed by atoms with E-state index >= 15 is 0 Å². The first-order chi connectivity index (χ1) is 14.0. The lowest BCUT2D eigenvalue weighted by atomic mass is 9.89. The summed E-state index contributed by atoms with van der Waals surface area (Å²) in [4.78, 5) is 39.2. The van der Waals surface area contributed by atoms with E-state index in [9.17, 15) is 19.5 Å². The minimum Gasteiger partial charge on any atom is -0.481 e. The number of benzene rings is 2. The summed E-state index contributed by atoms with van der Waals surface area (Å²) in [7, 11) is 0. The molecule has 0 bridgehead atoms. The number of amides is 1. The van der Waals surface area contributed by atoms with Crippen molar-refractivity contribution < 1.29 is 14.7 Å². The van der Waals surface area contributed by atoms with E-state index in [-0.39, 0.29) is 24.2 Å². The average Bonchev–Trinajstić information content (AvgIpc) is 2.74. The molecular weight excluding hydrogens is 368 g/mol. The maximum atomic E-state index is 13.1. The second-order valence-electron chi connectivity index (χ2n) is 7.12. The van der Waals surface area contributed by atoms with Gasteiger partial charge in [-0.05, 0) is 28.8 Å². The first kappa shape index (κ1) is 18.7. The third-order valence-corrected chi connectivity index (χ3v) is 5.23. The summed E-state index contributed by atoms with van der Waals surface area (Å²) in [6.07, 6.45) is 1.65. The highest BCUT2D eigenvalue weighted by molar-refractivity contribution is 5.94. The summed E-state index contributed by atoms with van der Waals surface area (Å²) >= 11 is 0. The fourth-order valence-corrected chi connectivity index (χ4v) is 3.75. The molecular formula is C23H20N2O4. The number of fused-ring (bicyclic) bond motifs is 1.